The summed E-state index contributed by atoms with van der Waals surface area (Å²) in [6.45, 7) is -3.64. The molecule has 0 aliphatic carbocycles. The summed E-state index contributed by atoms with van der Waals surface area (Å²) in [5.41, 5.74) is 4.44. The third-order valence-corrected chi connectivity index (χ3v) is 0.352. The Bertz CT molecular complexity index is 85.4. The molecule has 0 aromatic heterocycles. The number of hydrogen-bond donors (Lipinski definition) is 1. The van der Waals surface area contributed by atoms with E-state index in [2.05, 4.69) is 10.5 Å². The predicted octanol–water partition coefficient (Wildman–Crippen LogP) is -0.289. The van der Waals surface area contributed by atoms with E-state index < -0.39 is 19.1 Å². The molecule has 5 heteroatoms. The van der Waals surface area contributed by atoms with Gasteiger partial charge in [0.1, 0.15) is 6.61 Å². The molecule has 0 aliphatic heterocycles. The zero-order chi connectivity index (χ0) is 6.57. The number of alkyl halides is 2. The molecule has 2 N–H and O–H groups in total. The number of hydrogen-bond acceptors (Lipinski definition) is 2. The molecule has 8 heavy (non-hydrogen) atoms. The molecular formula is C3H5F2NO2. The highest BCUT2D eigenvalue weighted by molar-refractivity contribution is 5.74. The van der Waals surface area contributed by atoms with Crippen molar-refractivity contribution < 1.29 is 18.3 Å². The van der Waals surface area contributed by atoms with Crippen LogP contribution in [0.4, 0.5) is 8.78 Å². The minimum atomic E-state index is -2.91. The number of amides is 1. The van der Waals surface area contributed by atoms with Crippen LogP contribution >= 0.6 is 0 Å². The van der Waals surface area contributed by atoms with Crippen LogP contribution in [0.3, 0.4) is 0 Å². The van der Waals surface area contributed by atoms with Gasteiger partial charge in [0, 0.05) is 0 Å². The van der Waals surface area contributed by atoms with Crippen molar-refractivity contribution >= 4 is 5.91 Å². The lowest BCUT2D eigenvalue weighted by Gasteiger charge is -1.95. The predicted molar refractivity (Wildman–Crippen MR) is 21.2 cm³/mol. The van der Waals surface area contributed by atoms with Crippen molar-refractivity contribution in [3.05, 3.63) is 0 Å². The van der Waals surface area contributed by atoms with E-state index in [0.717, 1.165) is 0 Å². The second-order valence-corrected chi connectivity index (χ2v) is 1.04. The van der Waals surface area contributed by atoms with Crippen molar-refractivity contribution in [2.24, 2.45) is 5.73 Å². The summed E-state index contributed by atoms with van der Waals surface area (Å²) in [5.74, 6) is -0.898. The summed E-state index contributed by atoms with van der Waals surface area (Å²) in [6, 6.07) is 0. The maximum absolute atomic E-state index is 11.0. The number of ether oxygens (including phenoxy) is 1. The lowest BCUT2D eigenvalue weighted by atomic mass is 10.7. The first-order valence-corrected chi connectivity index (χ1v) is 1.81. The zero-order valence-corrected chi connectivity index (χ0v) is 3.93. The van der Waals surface area contributed by atoms with Crippen molar-refractivity contribution in [2.45, 2.75) is 6.61 Å². The SMILES string of the molecule is NC(=O)COC(F)F. The highest BCUT2D eigenvalue weighted by Gasteiger charge is 2.02. The molecule has 0 unspecified atom stereocenters. The van der Waals surface area contributed by atoms with Crippen molar-refractivity contribution in [3.63, 3.8) is 0 Å². The first-order chi connectivity index (χ1) is 3.63. The van der Waals surface area contributed by atoms with E-state index in [9.17, 15) is 13.6 Å². The first kappa shape index (κ1) is 7.29. The Morgan fingerprint density at radius 3 is 2.38 bits per heavy atom. The molecule has 0 radical (unpaired) electrons. The van der Waals surface area contributed by atoms with Crippen LogP contribution in [0.1, 0.15) is 0 Å². The highest BCUT2D eigenvalue weighted by Crippen LogP contribution is 1.91. The van der Waals surface area contributed by atoms with E-state index in [4.69, 9.17) is 0 Å². The third kappa shape index (κ3) is 5.29. The summed E-state index contributed by atoms with van der Waals surface area (Å²) in [6.07, 6.45) is 0. The first-order valence-electron chi connectivity index (χ1n) is 1.81. The minimum Gasteiger partial charge on any atom is -0.368 e. The number of primary amides is 1. The fraction of sp³-hybridized carbons (Fsp3) is 0.667. The average molecular weight is 125 g/mol. The Kier molecular flexibility index (Phi) is 3.02. The lowest BCUT2D eigenvalue weighted by molar-refractivity contribution is -0.149. The number of carbonyl (C=O) groups excluding carboxylic acids is 1. The largest absolute Gasteiger partial charge is 0.368 e. The molecule has 0 spiro atoms. The van der Waals surface area contributed by atoms with Crippen LogP contribution in [-0.4, -0.2) is 19.1 Å². The summed E-state index contributed by atoms with van der Waals surface area (Å²) in [5, 5.41) is 0. The van der Waals surface area contributed by atoms with Crippen LogP contribution in [0.2, 0.25) is 0 Å². The number of nitrogens with two attached hydrogens (primary N) is 1. The van der Waals surface area contributed by atoms with Crippen molar-refractivity contribution in [3.8, 4) is 0 Å². The van der Waals surface area contributed by atoms with Crippen LogP contribution in [0.15, 0.2) is 0 Å². The van der Waals surface area contributed by atoms with Gasteiger partial charge in [-0.2, -0.15) is 8.78 Å². The smallest absolute Gasteiger partial charge is 0.345 e. The van der Waals surface area contributed by atoms with Crippen LogP contribution in [-0.2, 0) is 9.53 Å². The van der Waals surface area contributed by atoms with Gasteiger partial charge in [0.25, 0.3) is 0 Å². The van der Waals surface area contributed by atoms with Crippen LogP contribution in [0.5, 0.6) is 0 Å². The molecule has 0 bridgehead atoms. The Hall–Kier alpha value is -0.710. The van der Waals surface area contributed by atoms with E-state index in [1.807, 2.05) is 0 Å². The molecule has 0 saturated carbocycles. The quantitative estimate of drug-likeness (QED) is 0.563. The van der Waals surface area contributed by atoms with Crippen LogP contribution in [0, 0.1) is 0 Å². The minimum absolute atomic E-state index is 0.725. The third-order valence-electron chi connectivity index (χ3n) is 0.352. The number of rotatable bonds is 3. The molecule has 0 aromatic rings. The van der Waals surface area contributed by atoms with Crippen LogP contribution in [0.25, 0.3) is 0 Å². The summed E-state index contributed by atoms with van der Waals surface area (Å²) >= 11 is 0. The topological polar surface area (TPSA) is 52.3 Å². The number of carbonyl (C=O) groups is 1. The van der Waals surface area contributed by atoms with Gasteiger partial charge in [-0.05, 0) is 0 Å². The monoisotopic (exact) mass is 125 g/mol. The molecular weight excluding hydrogens is 120 g/mol. The van der Waals surface area contributed by atoms with Gasteiger partial charge in [0.2, 0.25) is 5.91 Å². The lowest BCUT2D eigenvalue weighted by Crippen LogP contribution is -2.19. The maximum Gasteiger partial charge on any atom is 0.345 e. The second kappa shape index (κ2) is 3.31. The zero-order valence-electron chi connectivity index (χ0n) is 3.93. The van der Waals surface area contributed by atoms with Crippen molar-refractivity contribution in [1.82, 2.24) is 0 Å². The Morgan fingerprint density at radius 1 is 1.75 bits per heavy atom. The van der Waals surface area contributed by atoms with E-state index in [0.29, 0.717) is 0 Å². The van der Waals surface area contributed by atoms with Gasteiger partial charge in [0.05, 0.1) is 0 Å². The number of halogens is 2. The fourth-order valence-corrected chi connectivity index (χ4v) is 0.145. The highest BCUT2D eigenvalue weighted by atomic mass is 19.3. The maximum atomic E-state index is 11.0. The van der Waals surface area contributed by atoms with E-state index in [1.54, 1.807) is 0 Å². The molecule has 0 aromatic carbocycles. The Labute approximate surface area is 44.4 Å². The molecule has 0 aliphatic rings. The standard InChI is InChI=1S/C3H5F2NO2/c4-3(5)8-1-2(6)7/h3H,1H2,(H2,6,7). The molecule has 3 nitrogen and oxygen atoms in total. The Morgan fingerprint density at radius 2 is 2.25 bits per heavy atom. The van der Waals surface area contributed by atoms with Gasteiger partial charge in [-0.25, -0.2) is 0 Å². The molecule has 0 fully saturated rings. The second-order valence-electron chi connectivity index (χ2n) is 1.04. The van der Waals surface area contributed by atoms with Crippen LogP contribution < -0.4 is 5.73 Å². The molecule has 1 amide bonds. The Balaban J connectivity index is 3.05. The van der Waals surface area contributed by atoms with Gasteiger partial charge in [0.15, 0.2) is 0 Å². The molecule has 0 saturated heterocycles. The normalized spacial score (nSPS) is 9.88. The fourth-order valence-electron chi connectivity index (χ4n) is 0.145. The van der Waals surface area contributed by atoms with E-state index >= 15 is 0 Å². The van der Waals surface area contributed by atoms with Crippen molar-refractivity contribution in [2.75, 3.05) is 6.61 Å². The molecule has 48 valence electrons. The summed E-state index contributed by atoms with van der Waals surface area (Å²) in [7, 11) is 0. The van der Waals surface area contributed by atoms with Crippen molar-refractivity contribution in [1.29, 1.82) is 0 Å². The molecule has 0 heterocycles. The molecule has 0 atom stereocenters. The van der Waals surface area contributed by atoms with Gasteiger partial charge in [-0.15, -0.1) is 0 Å². The van der Waals surface area contributed by atoms with E-state index in [-0.39, 0.29) is 0 Å². The van der Waals surface area contributed by atoms with E-state index in [1.165, 1.54) is 0 Å². The molecule has 0 rings (SSSR count). The van der Waals surface area contributed by atoms with Gasteiger partial charge in [-0.1, -0.05) is 0 Å². The van der Waals surface area contributed by atoms with Gasteiger partial charge >= 0.3 is 6.61 Å². The summed E-state index contributed by atoms with van der Waals surface area (Å²) in [4.78, 5) is 9.67. The summed E-state index contributed by atoms with van der Waals surface area (Å²) < 4.78 is 25.4. The van der Waals surface area contributed by atoms with Gasteiger partial charge in [-0.3, -0.25) is 4.79 Å². The average Bonchev–Trinajstić information content (AvgIpc) is 1.61. The van der Waals surface area contributed by atoms with Gasteiger partial charge < -0.3 is 10.5 Å².